The first-order chi connectivity index (χ1) is 18.0. The highest BCUT2D eigenvalue weighted by atomic mass is 16.2. The van der Waals surface area contributed by atoms with E-state index in [1.165, 1.54) is 36.1 Å². The molecule has 0 spiro atoms. The van der Waals surface area contributed by atoms with Crippen LogP contribution in [0.25, 0.3) is 0 Å². The number of benzene rings is 1. The number of hydrogen-bond donors (Lipinski definition) is 1. The van der Waals surface area contributed by atoms with E-state index in [2.05, 4.69) is 64.2 Å². The second-order valence-electron chi connectivity index (χ2n) is 15.1. The molecule has 4 aliphatic carbocycles. The van der Waals surface area contributed by atoms with Crippen LogP contribution in [-0.4, -0.2) is 23.9 Å². The second-order valence-corrected chi connectivity index (χ2v) is 15.1. The number of rotatable bonds is 3. The van der Waals surface area contributed by atoms with Crippen molar-refractivity contribution in [2.75, 3.05) is 6.54 Å². The van der Waals surface area contributed by atoms with Gasteiger partial charge in [0.15, 0.2) is 0 Å². The lowest BCUT2D eigenvalue weighted by atomic mass is 9.49. The van der Waals surface area contributed by atoms with Gasteiger partial charge in [-0.2, -0.15) is 0 Å². The van der Waals surface area contributed by atoms with Gasteiger partial charge in [-0.15, -0.1) is 0 Å². The molecule has 0 bridgehead atoms. The number of nitrogens with zero attached hydrogens (tertiary/aromatic N) is 1. The first-order valence-corrected chi connectivity index (χ1v) is 15.4. The summed E-state index contributed by atoms with van der Waals surface area (Å²) < 4.78 is 0. The predicted octanol–water partition coefficient (Wildman–Crippen LogP) is 7.14. The normalized spacial score (nSPS) is 38.1. The van der Waals surface area contributed by atoms with Crippen molar-refractivity contribution < 1.29 is 9.59 Å². The number of hydrogen-bond acceptors (Lipinski definition) is 3. The quantitative estimate of drug-likeness (QED) is 0.464. The molecule has 1 heterocycles. The Hall–Kier alpha value is -1.97. The van der Waals surface area contributed by atoms with Crippen molar-refractivity contribution in [2.45, 2.75) is 116 Å². The maximum Gasteiger partial charge on any atom is 0.224 e. The Morgan fingerprint density at radius 2 is 1.66 bits per heavy atom. The van der Waals surface area contributed by atoms with Crippen LogP contribution >= 0.6 is 0 Å². The zero-order valence-electron chi connectivity index (χ0n) is 24.4. The molecule has 1 aliphatic heterocycles. The van der Waals surface area contributed by atoms with Crippen LogP contribution in [0, 0.1) is 34.5 Å². The maximum absolute atomic E-state index is 14.2. The van der Waals surface area contributed by atoms with Crippen LogP contribution in [0.1, 0.15) is 116 Å². The van der Waals surface area contributed by atoms with E-state index < -0.39 is 0 Å². The number of Topliss-reactive ketones (excluding diaryl/α,β-unsaturated/α-hetero) is 1. The fraction of sp³-hybridized carbons (Fsp3) is 0.735. The summed E-state index contributed by atoms with van der Waals surface area (Å²) >= 11 is 0. The molecule has 4 heteroatoms. The summed E-state index contributed by atoms with van der Waals surface area (Å²) in [6.07, 6.45) is 11.1. The predicted molar refractivity (Wildman–Crippen MR) is 153 cm³/mol. The summed E-state index contributed by atoms with van der Waals surface area (Å²) in [6, 6.07) is 9.10. The van der Waals surface area contributed by atoms with Gasteiger partial charge in [0.1, 0.15) is 5.78 Å². The zero-order chi connectivity index (χ0) is 26.9. The summed E-state index contributed by atoms with van der Waals surface area (Å²) in [6.45, 7) is 12.5. The van der Waals surface area contributed by atoms with Crippen molar-refractivity contribution in [2.24, 2.45) is 39.5 Å². The molecule has 0 saturated heterocycles. The maximum atomic E-state index is 14.2. The van der Waals surface area contributed by atoms with Crippen molar-refractivity contribution in [3.05, 3.63) is 35.4 Å². The lowest BCUT2D eigenvalue weighted by Gasteiger charge is -2.56. The average Bonchev–Trinajstić information content (AvgIpc) is 3.49. The van der Waals surface area contributed by atoms with Crippen LogP contribution in [0.4, 0.5) is 0 Å². The number of fused-ring (bicyclic) bond motifs is 5. The Balaban J connectivity index is 1.22. The molecule has 0 aromatic heterocycles. The SMILES string of the molecule is CC(C)(C)c1ccc(C2(NC(=O)[C@H]3CCC4C5CN=C6CC(=O)CC[C@]6(C)C5CC[C@@]43C)CCCC2)cc1. The van der Waals surface area contributed by atoms with E-state index in [-0.39, 0.29) is 27.7 Å². The van der Waals surface area contributed by atoms with Gasteiger partial charge in [-0.25, -0.2) is 0 Å². The van der Waals surface area contributed by atoms with Gasteiger partial charge >= 0.3 is 0 Å². The molecule has 3 unspecified atom stereocenters. The van der Waals surface area contributed by atoms with Crippen molar-refractivity contribution in [1.29, 1.82) is 0 Å². The zero-order valence-corrected chi connectivity index (χ0v) is 24.4. The number of aliphatic imine (C=N–C) groups is 1. The molecular weight excluding hydrogens is 468 g/mol. The van der Waals surface area contributed by atoms with E-state index in [0.717, 1.165) is 45.1 Å². The number of carbonyl (C=O) groups is 2. The fourth-order valence-electron chi connectivity index (χ4n) is 9.71. The number of ketones is 1. The molecule has 38 heavy (non-hydrogen) atoms. The van der Waals surface area contributed by atoms with Crippen molar-refractivity contribution >= 4 is 17.4 Å². The minimum Gasteiger partial charge on any atom is -0.346 e. The van der Waals surface area contributed by atoms with Gasteiger partial charge < -0.3 is 5.32 Å². The van der Waals surface area contributed by atoms with E-state index in [9.17, 15) is 9.59 Å². The van der Waals surface area contributed by atoms with Crippen LogP contribution < -0.4 is 5.32 Å². The number of carbonyl (C=O) groups excluding carboxylic acids is 2. The minimum absolute atomic E-state index is 0.0506. The van der Waals surface area contributed by atoms with Crippen molar-refractivity contribution in [1.82, 2.24) is 5.32 Å². The van der Waals surface area contributed by atoms with Gasteiger partial charge in [-0.3, -0.25) is 14.6 Å². The van der Waals surface area contributed by atoms with Crippen LogP contribution in [-0.2, 0) is 20.5 Å². The molecule has 6 rings (SSSR count). The van der Waals surface area contributed by atoms with E-state index in [1.54, 1.807) is 0 Å². The van der Waals surface area contributed by atoms with Crippen molar-refractivity contribution in [3.8, 4) is 0 Å². The molecule has 4 saturated carbocycles. The molecule has 4 nitrogen and oxygen atoms in total. The van der Waals surface area contributed by atoms with Gasteiger partial charge in [0, 0.05) is 36.4 Å². The molecule has 1 N–H and O–H groups in total. The standard InChI is InChI=1S/C34H48N2O2/c1-31(2,3)22-8-10-23(11-9-22)34(16-6-7-17-34)36-30(38)28-13-12-26-25-21-35-29-20-24(37)14-18-33(29,5)27(25)15-19-32(26,28)4/h8-11,25-28H,6-7,12-21H2,1-5H3,(H,36,38)/t25?,26?,27?,28-,32+,33-/m1/s1. The van der Waals surface area contributed by atoms with Crippen LogP contribution in [0.2, 0.25) is 0 Å². The number of amides is 1. The Kier molecular flexibility index (Phi) is 6.24. The first-order valence-electron chi connectivity index (χ1n) is 15.4. The topological polar surface area (TPSA) is 58.5 Å². The van der Waals surface area contributed by atoms with Crippen molar-refractivity contribution in [3.63, 3.8) is 0 Å². The Bertz CT molecular complexity index is 1140. The first kappa shape index (κ1) is 26.3. The van der Waals surface area contributed by atoms with Crippen LogP contribution in [0.15, 0.2) is 29.3 Å². The molecule has 1 amide bonds. The smallest absolute Gasteiger partial charge is 0.224 e. The van der Waals surface area contributed by atoms with Crippen LogP contribution in [0.5, 0.6) is 0 Å². The third kappa shape index (κ3) is 4.03. The molecule has 4 fully saturated rings. The molecule has 6 atom stereocenters. The van der Waals surface area contributed by atoms with Crippen LogP contribution in [0.3, 0.4) is 0 Å². The van der Waals surface area contributed by atoms with E-state index in [0.29, 0.717) is 42.3 Å². The molecule has 1 aromatic carbocycles. The summed E-state index contributed by atoms with van der Waals surface area (Å²) in [7, 11) is 0. The van der Waals surface area contributed by atoms with E-state index in [4.69, 9.17) is 4.99 Å². The lowest BCUT2D eigenvalue weighted by Crippen LogP contribution is -2.56. The minimum atomic E-state index is -0.217. The summed E-state index contributed by atoms with van der Waals surface area (Å²) in [4.78, 5) is 31.4. The monoisotopic (exact) mass is 516 g/mol. The van der Waals surface area contributed by atoms with Gasteiger partial charge in [-0.05, 0) is 84.7 Å². The third-order valence-corrected chi connectivity index (χ3v) is 12.1. The highest BCUT2D eigenvalue weighted by molar-refractivity contribution is 6.07. The fourth-order valence-corrected chi connectivity index (χ4v) is 9.71. The highest BCUT2D eigenvalue weighted by Gasteiger charge is 2.61. The largest absolute Gasteiger partial charge is 0.346 e. The Morgan fingerprint density at radius 3 is 2.34 bits per heavy atom. The molecule has 0 radical (unpaired) electrons. The highest BCUT2D eigenvalue weighted by Crippen LogP contribution is 2.64. The van der Waals surface area contributed by atoms with Gasteiger partial charge in [-0.1, -0.05) is 71.7 Å². The van der Waals surface area contributed by atoms with E-state index in [1.807, 2.05) is 0 Å². The Morgan fingerprint density at radius 1 is 0.947 bits per heavy atom. The summed E-state index contributed by atoms with van der Waals surface area (Å²) in [5.41, 5.74) is 3.87. The van der Waals surface area contributed by atoms with Gasteiger partial charge in [0.2, 0.25) is 5.91 Å². The van der Waals surface area contributed by atoms with Gasteiger partial charge in [0.05, 0.1) is 5.54 Å². The third-order valence-electron chi connectivity index (χ3n) is 12.1. The Labute approximate surface area is 229 Å². The molecular formula is C34H48N2O2. The second kappa shape index (κ2) is 9.03. The summed E-state index contributed by atoms with van der Waals surface area (Å²) in [5, 5.41) is 3.69. The van der Waals surface area contributed by atoms with Gasteiger partial charge in [0.25, 0.3) is 0 Å². The lowest BCUT2D eigenvalue weighted by molar-refractivity contribution is -0.134. The average molecular weight is 517 g/mol. The number of nitrogens with one attached hydrogen (secondary N) is 1. The van der Waals surface area contributed by atoms with E-state index >= 15 is 0 Å². The molecule has 5 aliphatic rings. The molecule has 1 aromatic rings. The molecule has 206 valence electrons. The summed E-state index contributed by atoms with van der Waals surface area (Å²) in [5.74, 6) is 2.48.